The average molecular weight is 191 g/mol. The number of aliphatic hydroxyl groups excluding tert-OH is 1. The van der Waals surface area contributed by atoms with E-state index in [1.165, 1.54) is 11.1 Å². The van der Waals surface area contributed by atoms with Crippen molar-refractivity contribution >= 4 is 0 Å². The van der Waals surface area contributed by atoms with Gasteiger partial charge in [-0.1, -0.05) is 29.8 Å². The molecule has 2 rings (SSSR count). The van der Waals surface area contributed by atoms with E-state index in [2.05, 4.69) is 36.1 Å². The summed E-state index contributed by atoms with van der Waals surface area (Å²) in [6.07, 6.45) is 0. The van der Waals surface area contributed by atoms with Crippen LogP contribution >= 0.6 is 0 Å². The van der Waals surface area contributed by atoms with E-state index in [1.54, 1.807) is 0 Å². The number of hydrogen-bond acceptors (Lipinski definition) is 2. The SMILES string of the molecule is Cc1ccc(CN2CC(CO)C2)cc1. The van der Waals surface area contributed by atoms with Crippen LogP contribution in [0.1, 0.15) is 11.1 Å². The lowest BCUT2D eigenvalue weighted by Crippen LogP contribution is -2.47. The van der Waals surface area contributed by atoms with Crippen molar-refractivity contribution in [2.24, 2.45) is 5.92 Å². The number of aliphatic hydroxyl groups is 1. The van der Waals surface area contributed by atoms with E-state index in [1.807, 2.05) is 0 Å². The molecule has 1 aliphatic heterocycles. The fraction of sp³-hybridized carbons (Fsp3) is 0.500. The summed E-state index contributed by atoms with van der Waals surface area (Å²) in [5, 5.41) is 8.88. The molecule has 0 amide bonds. The standard InChI is InChI=1S/C12H17NO/c1-10-2-4-11(5-3-10)6-13-7-12(8-13)9-14/h2-5,12,14H,6-9H2,1H3. The van der Waals surface area contributed by atoms with Gasteiger partial charge in [-0.3, -0.25) is 4.90 Å². The molecule has 0 saturated carbocycles. The van der Waals surface area contributed by atoms with Crippen molar-refractivity contribution in [1.82, 2.24) is 4.90 Å². The highest BCUT2D eigenvalue weighted by Gasteiger charge is 2.25. The second kappa shape index (κ2) is 4.11. The first-order valence-electron chi connectivity index (χ1n) is 5.16. The zero-order valence-corrected chi connectivity index (χ0v) is 8.61. The van der Waals surface area contributed by atoms with Crippen LogP contribution in [0.25, 0.3) is 0 Å². The maximum Gasteiger partial charge on any atom is 0.0483 e. The second-order valence-electron chi connectivity index (χ2n) is 4.23. The molecular formula is C12H17NO. The molecule has 1 aliphatic rings. The van der Waals surface area contributed by atoms with Crippen LogP contribution in [0, 0.1) is 12.8 Å². The summed E-state index contributed by atoms with van der Waals surface area (Å²) in [4.78, 5) is 2.37. The number of hydrogen-bond donors (Lipinski definition) is 1. The molecule has 0 aromatic heterocycles. The monoisotopic (exact) mass is 191 g/mol. The summed E-state index contributed by atoms with van der Waals surface area (Å²) in [5.74, 6) is 0.514. The number of likely N-dealkylation sites (tertiary alicyclic amines) is 1. The van der Waals surface area contributed by atoms with Crippen LogP contribution in [0.5, 0.6) is 0 Å². The Kier molecular flexibility index (Phi) is 2.85. The van der Waals surface area contributed by atoms with E-state index in [4.69, 9.17) is 5.11 Å². The molecule has 76 valence electrons. The van der Waals surface area contributed by atoms with Gasteiger partial charge in [0, 0.05) is 32.2 Å². The Morgan fingerprint density at radius 1 is 1.29 bits per heavy atom. The Morgan fingerprint density at radius 3 is 2.50 bits per heavy atom. The highest BCUT2D eigenvalue weighted by Crippen LogP contribution is 2.17. The zero-order valence-electron chi connectivity index (χ0n) is 8.61. The first kappa shape index (κ1) is 9.69. The summed E-state index contributed by atoms with van der Waals surface area (Å²) in [7, 11) is 0. The van der Waals surface area contributed by atoms with Crippen LogP contribution in [0.2, 0.25) is 0 Å². The minimum atomic E-state index is 0.338. The lowest BCUT2D eigenvalue weighted by molar-refractivity contribution is 0.0479. The minimum Gasteiger partial charge on any atom is -0.396 e. The normalized spacial score (nSPS) is 18.1. The third-order valence-corrected chi connectivity index (χ3v) is 2.82. The van der Waals surface area contributed by atoms with Gasteiger partial charge in [0.1, 0.15) is 0 Å². The molecule has 1 aromatic rings. The van der Waals surface area contributed by atoms with Crippen LogP contribution in [0.3, 0.4) is 0 Å². The molecule has 1 saturated heterocycles. The van der Waals surface area contributed by atoms with Gasteiger partial charge in [0.2, 0.25) is 0 Å². The maximum absolute atomic E-state index is 8.88. The summed E-state index contributed by atoms with van der Waals surface area (Å²) in [5.41, 5.74) is 2.68. The first-order chi connectivity index (χ1) is 6.78. The molecular weight excluding hydrogens is 174 g/mol. The van der Waals surface area contributed by atoms with Crippen LogP contribution in [-0.2, 0) is 6.54 Å². The van der Waals surface area contributed by atoms with Gasteiger partial charge in [0.15, 0.2) is 0 Å². The molecule has 0 aliphatic carbocycles. The Morgan fingerprint density at radius 2 is 1.93 bits per heavy atom. The van der Waals surface area contributed by atoms with Gasteiger partial charge in [-0.05, 0) is 12.5 Å². The Bertz CT molecular complexity index is 288. The Balaban J connectivity index is 1.84. The first-order valence-corrected chi connectivity index (χ1v) is 5.16. The lowest BCUT2D eigenvalue weighted by atomic mass is 10.0. The molecule has 0 spiro atoms. The summed E-state index contributed by atoms with van der Waals surface area (Å²) in [6, 6.07) is 8.67. The Labute approximate surface area is 85.2 Å². The number of aryl methyl sites for hydroxylation is 1. The largest absolute Gasteiger partial charge is 0.396 e. The van der Waals surface area contributed by atoms with Crippen molar-refractivity contribution in [3.8, 4) is 0 Å². The molecule has 1 N–H and O–H groups in total. The van der Waals surface area contributed by atoms with Gasteiger partial charge in [0.25, 0.3) is 0 Å². The average Bonchev–Trinajstić information content (AvgIpc) is 2.13. The summed E-state index contributed by atoms with van der Waals surface area (Å²) < 4.78 is 0. The maximum atomic E-state index is 8.88. The van der Waals surface area contributed by atoms with E-state index in [9.17, 15) is 0 Å². The van der Waals surface area contributed by atoms with E-state index in [-0.39, 0.29) is 0 Å². The highest BCUT2D eigenvalue weighted by atomic mass is 16.3. The summed E-state index contributed by atoms with van der Waals surface area (Å²) in [6.45, 7) is 5.56. The van der Waals surface area contributed by atoms with Crippen molar-refractivity contribution in [3.05, 3.63) is 35.4 Å². The highest BCUT2D eigenvalue weighted by molar-refractivity contribution is 5.21. The second-order valence-corrected chi connectivity index (χ2v) is 4.23. The third kappa shape index (κ3) is 2.14. The molecule has 1 aromatic carbocycles. The minimum absolute atomic E-state index is 0.338. The van der Waals surface area contributed by atoms with Crippen molar-refractivity contribution in [2.45, 2.75) is 13.5 Å². The van der Waals surface area contributed by atoms with Crippen molar-refractivity contribution in [1.29, 1.82) is 0 Å². The number of nitrogens with zero attached hydrogens (tertiary/aromatic N) is 1. The predicted octanol–water partition coefficient (Wildman–Crippen LogP) is 1.42. The third-order valence-electron chi connectivity index (χ3n) is 2.82. The van der Waals surface area contributed by atoms with Gasteiger partial charge in [-0.2, -0.15) is 0 Å². The van der Waals surface area contributed by atoms with E-state index in [0.717, 1.165) is 19.6 Å². The fourth-order valence-electron chi connectivity index (χ4n) is 1.87. The van der Waals surface area contributed by atoms with Gasteiger partial charge >= 0.3 is 0 Å². The molecule has 0 bridgehead atoms. The van der Waals surface area contributed by atoms with E-state index >= 15 is 0 Å². The van der Waals surface area contributed by atoms with E-state index in [0.29, 0.717) is 12.5 Å². The van der Waals surface area contributed by atoms with Crippen LogP contribution in [0.4, 0.5) is 0 Å². The molecule has 14 heavy (non-hydrogen) atoms. The number of benzene rings is 1. The van der Waals surface area contributed by atoms with Crippen molar-refractivity contribution in [3.63, 3.8) is 0 Å². The Hall–Kier alpha value is -0.860. The van der Waals surface area contributed by atoms with Crippen molar-refractivity contribution in [2.75, 3.05) is 19.7 Å². The predicted molar refractivity (Wildman–Crippen MR) is 57.0 cm³/mol. The van der Waals surface area contributed by atoms with E-state index < -0.39 is 0 Å². The quantitative estimate of drug-likeness (QED) is 0.781. The molecule has 1 heterocycles. The molecule has 2 heteroatoms. The lowest BCUT2D eigenvalue weighted by Gasteiger charge is -2.38. The van der Waals surface area contributed by atoms with Crippen LogP contribution < -0.4 is 0 Å². The summed E-state index contributed by atoms with van der Waals surface area (Å²) >= 11 is 0. The van der Waals surface area contributed by atoms with Crippen LogP contribution in [0.15, 0.2) is 24.3 Å². The zero-order chi connectivity index (χ0) is 9.97. The van der Waals surface area contributed by atoms with Gasteiger partial charge in [-0.25, -0.2) is 0 Å². The molecule has 1 fully saturated rings. The smallest absolute Gasteiger partial charge is 0.0483 e. The fourth-order valence-corrected chi connectivity index (χ4v) is 1.87. The van der Waals surface area contributed by atoms with Crippen molar-refractivity contribution < 1.29 is 5.11 Å². The molecule has 2 nitrogen and oxygen atoms in total. The molecule has 0 unspecified atom stereocenters. The van der Waals surface area contributed by atoms with Gasteiger partial charge in [0.05, 0.1) is 0 Å². The van der Waals surface area contributed by atoms with Gasteiger partial charge < -0.3 is 5.11 Å². The topological polar surface area (TPSA) is 23.5 Å². The number of rotatable bonds is 3. The molecule has 0 radical (unpaired) electrons. The van der Waals surface area contributed by atoms with Gasteiger partial charge in [-0.15, -0.1) is 0 Å². The van der Waals surface area contributed by atoms with Crippen LogP contribution in [-0.4, -0.2) is 29.7 Å². The molecule has 0 atom stereocenters.